The predicted molar refractivity (Wildman–Crippen MR) is 115 cm³/mol. The summed E-state index contributed by atoms with van der Waals surface area (Å²) in [5.74, 6) is 1.53. The van der Waals surface area contributed by atoms with Gasteiger partial charge >= 0.3 is 11.9 Å². The van der Waals surface area contributed by atoms with Gasteiger partial charge in [0.25, 0.3) is 5.56 Å². The van der Waals surface area contributed by atoms with Gasteiger partial charge in [-0.05, 0) is 13.0 Å². The molecule has 12 heteroatoms. The Morgan fingerprint density at radius 2 is 2.03 bits per heavy atom. The number of hydrogen-bond acceptors (Lipinski definition) is 7. The molecule has 2 fully saturated rings. The quantitative estimate of drug-likeness (QED) is 0.417. The summed E-state index contributed by atoms with van der Waals surface area (Å²) in [4.78, 5) is 27.9. The summed E-state index contributed by atoms with van der Waals surface area (Å²) in [6, 6.07) is 0. The molecular weight excluding hydrogens is 459 g/mol. The van der Waals surface area contributed by atoms with Gasteiger partial charge in [0.2, 0.25) is 0 Å². The standard InChI is InChI=1S/C22H30F3N3O6/c1-4-8-27-9-6-21(31-3,7-10-27)33-14-17-16(32-11-5-2)12-18(34-17)28-13-15(22(23,24)25)19(29)26-20(28)30/h2,13,16-18H,4,6-12,14H2,1,3H3,(H,26,29,30)/t16-,17+,18+/m0/s1. The van der Waals surface area contributed by atoms with E-state index in [4.69, 9.17) is 25.4 Å². The highest BCUT2D eigenvalue weighted by molar-refractivity contribution is 5.09. The van der Waals surface area contributed by atoms with Gasteiger partial charge in [-0.2, -0.15) is 13.2 Å². The molecule has 190 valence electrons. The molecule has 0 saturated carbocycles. The molecule has 3 rings (SSSR count). The van der Waals surface area contributed by atoms with Crippen LogP contribution in [0.3, 0.4) is 0 Å². The lowest BCUT2D eigenvalue weighted by Gasteiger charge is -2.41. The minimum atomic E-state index is -4.93. The van der Waals surface area contributed by atoms with Crippen LogP contribution in [0.4, 0.5) is 13.2 Å². The fourth-order valence-corrected chi connectivity index (χ4v) is 4.33. The number of rotatable bonds is 9. The second-order valence-electron chi connectivity index (χ2n) is 8.39. The summed E-state index contributed by atoms with van der Waals surface area (Å²) in [7, 11) is 1.57. The van der Waals surface area contributed by atoms with Crippen LogP contribution in [0, 0.1) is 12.3 Å². The first-order valence-electron chi connectivity index (χ1n) is 11.2. The summed E-state index contributed by atoms with van der Waals surface area (Å²) in [5, 5.41) is 0. The summed E-state index contributed by atoms with van der Waals surface area (Å²) in [6.07, 6.45) is 0.744. The highest BCUT2D eigenvalue weighted by Crippen LogP contribution is 2.34. The minimum Gasteiger partial charge on any atom is -0.363 e. The van der Waals surface area contributed by atoms with Crippen molar-refractivity contribution in [3.63, 3.8) is 0 Å². The van der Waals surface area contributed by atoms with E-state index < -0.39 is 47.2 Å². The molecule has 0 spiro atoms. The van der Waals surface area contributed by atoms with Crippen molar-refractivity contribution in [1.82, 2.24) is 14.5 Å². The van der Waals surface area contributed by atoms with Crippen LogP contribution in [0.25, 0.3) is 0 Å². The first kappa shape index (κ1) is 26.4. The fourth-order valence-electron chi connectivity index (χ4n) is 4.33. The summed E-state index contributed by atoms with van der Waals surface area (Å²) < 4.78 is 63.6. The second kappa shape index (κ2) is 11.0. The van der Waals surface area contributed by atoms with E-state index >= 15 is 0 Å². The molecule has 0 aromatic carbocycles. The van der Waals surface area contributed by atoms with E-state index in [1.54, 1.807) is 12.1 Å². The zero-order valence-electron chi connectivity index (χ0n) is 19.2. The smallest absolute Gasteiger partial charge is 0.363 e. The Bertz CT molecular complexity index is 978. The van der Waals surface area contributed by atoms with E-state index in [0.29, 0.717) is 23.6 Å². The maximum atomic E-state index is 13.2. The summed E-state index contributed by atoms with van der Waals surface area (Å²) in [6.45, 7) is 4.69. The first-order valence-corrected chi connectivity index (χ1v) is 11.2. The van der Waals surface area contributed by atoms with E-state index in [1.807, 2.05) is 0 Å². The topological polar surface area (TPSA) is 95.0 Å². The van der Waals surface area contributed by atoms with Gasteiger partial charge in [0.05, 0.1) is 12.7 Å². The lowest BCUT2D eigenvalue weighted by atomic mass is 10.0. The molecule has 2 saturated heterocycles. The average Bonchev–Trinajstić information content (AvgIpc) is 3.19. The molecule has 1 N–H and O–H groups in total. The number of likely N-dealkylation sites (tertiary alicyclic amines) is 1. The Morgan fingerprint density at radius 3 is 2.62 bits per heavy atom. The van der Waals surface area contributed by atoms with Gasteiger partial charge in [-0.15, -0.1) is 6.42 Å². The summed E-state index contributed by atoms with van der Waals surface area (Å²) >= 11 is 0. The number of alkyl halides is 3. The molecule has 0 unspecified atom stereocenters. The molecule has 3 heterocycles. The Morgan fingerprint density at radius 1 is 1.32 bits per heavy atom. The van der Waals surface area contributed by atoms with Crippen molar-refractivity contribution in [2.24, 2.45) is 0 Å². The van der Waals surface area contributed by atoms with Crippen LogP contribution in [-0.2, 0) is 25.1 Å². The monoisotopic (exact) mass is 489 g/mol. The SMILES string of the molecule is C#CCO[C@H]1C[C@H](n2cc(C(F)(F)F)c(=O)[nH]c2=O)O[C@@H]1COC1(OC)CCN(CCC)CC1. The van der Waals surface area contributed by atoms with Gasteiger partial charge in [-0.25, -0.2) is 4.79 Å². The number of halogens is 3. The molecule has 0 amide bonds. The van der Waals surface area contributed by atoms with Gasteiger partial charge in [-0.1, -0.05) is 12.8 Å². The van der Waals surface area contributed by atoms with Gasteiger partial charge in [-0.3, -0.25) is 14.3 Å². The maximum Gasteiger partial charge on any atom is 0.423 e. The van der Waals surface area contributed by atoms with Crippen LogP contribution in [0.1, 0.15) is 44.4 Å². The van der Waals surface area contributed by atoms with Crippen LogP contribution in [-0.4, -0.2) is 72.4 Å². The number of aromatic amines is 1. The molecule has 0 radical (unpaired) electrons. The molecule has 0 aliphatic carbocycles. The lowest BCUT2D eigenvalue weighted by molar-refractivity contribution is -0.258. The molecular formula is C22H30F3N3O6. The fraction of sp³-hybridized carbons (Fsp3) is 0.727. The van der Waals surface area contributed by atoms with Gasteiger partial charge in [0.15, 0.2) is 5.79 Å². The highest BCUT2D eigenvalue weighted by atomic mass is 19.4. The van der Waals surface area contributed by atoms with Crippen molar-refractivity contribution >= 4 is 0 Å². The van der Waals surface area contributed by atoms with Gasteiger partial charge < -0.3 is 23.8 Å². The second-order valence-corrected chi connectivity index (χ2v) is 8.39. The van der Waals surface area contributed by atoms with Crippen LogP contribution in [0.5, 0.6) is 0 Å². The zero-order chi connectivity index (χ0) is 24.9. The normalized spacial score (nSPS) is 25.4. The van der Waals surface area contributed by atoms with Gasteiger partial charge in [0.1, 0.15) is 24.5 Å². The Kier molecular flexibility index (Phi) is 8.59. The number of H-pyrrole nitrogens is 1. The lowest BCUT2D eigenvalue weighted by Crippen LogP contribution is -2.49. The molecule has 34 heavy (non-hydrogen) atoms. The predicted octanol–water partition coefficient (Wildman–Crippen LogP) is 1.73. The number of terminal acetylenes is 1. The van der Waals surface area contributed by atoms with E-state index in [-0.39, 0.29) is 19.6 Å². The number of methoxy groups -OCH3 is 1. The number of piperidine rings is 1. The van der Waals surface area contributed by atoms with Crippen molar-refractivity contribution in [2.75, 3.05) is 40.0 Å². The Balaban J connectivity index is 1.75. The molecule has 1 aromatic heterocycles. The molecule has 2 aliphatic heterocycles. The largest absolute Gasteiger partial charge is 0.423 e. The molecule has 0 bridgehead atoms. The number of hydrogen-bond donors (Lipinski definition) is 1. The molecule has 1 aromatic rings. The molecule has 9 nitrogen and oxygen atoms in total. The van der Waals surface area contributed by atoms with E-state index in [2.05, 4.69) is 17.7 Å². The van der Waals surface area contributed by atoms with Crippen LogP contribution in [0.2, 0.25) is 0 Å². The van der Waals surface area contributed by atoms with E-state index in [9.17, 15) is 22.8 Å². The van der Waals surface area contributed by atoms with Crippen molar-refractivity contribution in [1.29, 1.82) is 0 Å². The third kappa shape index (κ3) is 6.09. The Labute approximate surface area is 195 Å². The maximum absolute atomic E-state index is 13.2. The van der Waals surface area contributed by atoms with Crippen molar-refractivity contribution in [3.05, 3.63) is 32.6 Å². The van der Waals surface area contributed by atoms with Crippen molar-refractivity contribution in [2.45, 2.75) is 63.0 Å². The average molecular weight is 489 g/mol. The molecule has 3 atom stereocenters. The van der Waals surface area contributed by atoms with E-state index in [0.717, 1.165) is 26.1 Å². The number of aromatic nitrogens is 2. The van der Waals surface area contributed by atoms with Crippen LogP contribution in [0.15, 0.2) is 15.8 Å². The zero-order valence-corrected chi connectivity index (χ0v) is 19.2. The first-order chi connectivity index (χ1) is 16.1. The highest BCUT2D eigenvalue weighted by Gasteiger charge is 2.42. The third-order valence-corrected chi connectivity index (χ3v) is 6.19. The Hall–Kier alpha value is -2.17. The van der Waals surface area contributed by atoms with Crippen molar-refractivity contribution in [3.8, 4) is 12.3 Å². The third-order valence-electron chi connectivity index (χ3n) is 6.19. The number of nitrogens with one attached hydrogen (secondary N) is 1. The summed E-state index contributed by atoms with van der Waals surface area (Å²) in [5.41, 5.74) is -4.02. The van der Waals surface area contributed by atoms with E-state index in [1.165, 1.54) is 0 Å². The number of nitrogens with zero attached hydrogens (tertiary/aromatic N) is 2. The number of ether oxygens (including phenoxy) is 4. The van der Waals surface area contributed by atoms with Crippen molar-refractivity contribution < 1.29 is 32.1 Å². The van der Waals surface area contributed by atoms with Crippen LogP contribution < -0.4 is 11.2 Å². The molecule has 2 aliphatic rings. The van der Waals surface area contributed by atoms with Gasteiger partial charge in [0, 0.05) is 45.7 Å². The van der Waals surface area contributed by atoms with Crippen LogP contribution >= 0.6 is 0 Å². The minimum absolute atomic E-state index is 0.0254.